The van der Waals surface area contributed by atoms with Gasteiger partial charge in [0.05, 0.1) is 5.92 Å². The number of likely N-dealkylation sites (tertiary alicyclic amines) is 1. The lowest BCUT2D eigenvalue weighted by atomic mass is 9.94. The normalized spacial score (nSPS) is 24.8. The van der Waals surface area contributed by atoms with Crippen LogP contribution in [0.3, 0.4) is 0 Å². The molecule has 2 aliphatic rings. The molecule has 1 aliphatic carbocycles. The maximum Gasteiger partial charge on any atom is 0.225 e. The van der Waals surface area contributed by atoms with Crippen LogP contribution in [-0.2, 0) is 9.59 Å². The molecule has 0 aromatic rings. The number of unbranched alkanes of at least 4 members (excludes halogenated alkanes) is 1. The van der Waals surface area contributed by atoms with Gasteiger partial charge in [-0.3, -0.25) is 9.59 Å². The summed E-state index contributed by atoms with van der Waals surface area (Å²) < 4.78 is 0. The third-order valence-electron chi connectivity index (χ3n) is 4.37. The van der Waals surface area contributed by atoms with E-state index in [0.717, 1.165) is 32.2 Å². The van der Waals surface area contributed by atoms with Crippen molar-refractivity contribution in [1.82, 2.24) is 10.2 Å². The molecule has 0 radical (unpaired) electrons. The zero-order chi connectivity index (χ0) is 13.7. The maximum absolute atomic E-state index is 12.1. The summed E-state index contributed by atoms with van der Waals surface area (Å²) in [4.78, 5) is 26.0. The second-order valence-corrected chi connectivity index (χ2v) is 5.88. The molecule has 1 aliphatic heterocycles. The highest BCUT2D eigenvalue weighted by Crippen LogP contribution is 2.28. The summed E-state index contributed by atoms with van der Waals surface area (Å²) in [6, 6.07) is 0.398. The number of carbonyl (C=O) groups is 2. The third kappa shape index (κ3) is 3.71. The summed E-state index contributed by atoms with van der Waals surface area (Å²) in [6.45, 7) is 3.49. The second kappa shape index (κ2) is 6.92. The first-order chi connectivity index (χ1) is 9.22. The van der Waals surface area contributed by atoms with Crippen molar-refractivity contribution < 1.29 is 9.59 Å². The monoisotopic (exact) mass is 266 g/mol. The first-order valence-corrected chi connectivity index (χ1v) is 7.79. The van der Waals surface area contributed by atoms with E-state index in [1.165, 1.54) is 19.3 Å². The van der Waals surface area contributed by atoms with E-state index in [0.29, 0.717) is 19.0 Å². The van der Waals surface area contributed by atoms with Gasteiger partial charge in [0, 0.05) is 25.6 Å². The zero-order valence-corrected chi connectivity index (χ0v) is 12.0. The molecule has 2 rings (SSSR count). The number of hydrogen-bond acceptors (Lipinski definition) is 2. The molecule has 0 unspecified atom stereocenters. The number of nitrogens with zero attached hydrogens (tertiary/aromatic N) is 1. The lowest BCUT2D eigenvalue weighted by molar-refractivity contribution is -0.130. The molecule has 108 valence electrons. The van der Waals surface area contributed by atoms with Gasteiger partial charge in [0.2, 0.25) is 11.8 Å². The molecule has 19 heavy (non-hydrogen) atoms. The van der Waals surface area contributed by atoms with Gasteiger partial charge >= 0.3 is 0 Å². The van der Waals surface area contributed by atoms with Gasteiger partial charge < -0.3 is 10.2 Å². The van der Waals surface area contributed by atoms with Crippen LogP contribution >= 0.6 is 0 Å². The Morgan fingerprint density at radius 1 is 1.32 bits per heavy atom. The maximum atomic E-state index is 12.1. The van der Waals surface area contributed by atoms with Gasteiger partial charge in [-0.15, -0.1) is 0 Å². The number of carbonyl (C=O) groups excluding carboxylic acids is 2. The smallest absolute Gasteiger partial charge is 0.225 e. The summed E-state index contributed by atoms with van der Waals surface area (Å²) in [6.07, 6.45) is 8.49. The van der Waals surface area contributed by atoms with Crippen LogP contribution in [0.25, 0.3) is 0 Å². The van der Waals surface area contributed by atoms with E-state index in [1.54, 1.807) is 0 Å². The zero-order valence-electron chi connectivity index (χ0n) is 12.0. The summed E-state index contributed by atoms with van der Waals surface area (Å²) in [7, 11) is 0. The first kappa shape index (κ1) is 14.4. The van der Waals surface area contributed by atoms with Crippen LogP contribution in [0.15, 0.2) is 0 Å². The van der Waals surface area contributed by atoms with Gasteiger partial charge in [0.25, 0.3) is 0 Å². The lowest BCUT2D eigenvalue weighted by Gasteiger charge is -2.31. The van der Waals surface area contributed by atoms with E-state index in [-0.39, 0.29) is 17.7 Å². The summed E-state index contributed by atoms with van der Waals surface area (Å²) in [5.41, 5.74) is 0. The molecule has 1 heterocycles. The lowest BCUT2D eigenvalue weighted by Crippen LogP contribution is -2.39. The molecular weight excluding hydrogens is 240 g/mol. The average molecular weight is 266 g/mol. The minimum absolute atomic E-state index is 0.0695. The van der Waals surface area contributed by atoms with E-state index in [2.05, 4.69) is 12.2 Å². The average Bonchev–Trinajstić information content (AvgIpc) is 2.82. The van der Waals surface area contributed by atoms with Crippen LogP contribution in [0, 0.1) is 5.92 Å². The Morgan fingerprint density at radius 3 is 2.74 bits per heavy atom. The molecule has 0 aromatic heterocycles. The van der Waals surface area contributed by atoms with Gasteiger partial charge in [0.1, 0.15) is 0 Å². The van der Waals surface area contributed by atoms with Crippen LogP contribution in [-0.4, -0.2) is 35.8 Å². The molecule has 4 nitrogen and oxygen atoms in total. The molecular formula is C15H26N2O2. The van der Waals surface area contributed by atoms with Crippen molar-refractivity contribution >= 4 is 11.8 Å². The van der Waals surface area contributed by atoms with E-state index in [9.17, 15) is 9.59 Å². The minimum Gasteiger partial charge on any atom is -0.356 e. The Labute approximate surface area is 115 Å². The fourth-order valence-electron chi connectivity index (χ4n) is 3.19. The second-order valence-electron chi connectivity index (χ2n) is 5.88. The van der Waals surface area contributed by atoms with Gasteiger partial charge in [-0.25, -0.2) is 0 Å². The quantitative estimate of drug-likeness (QED) is 0.775. The third-order valence-corrected chi connectivity index (χ3v) is 4.37. The molecule has 1 atom stereocenters. The summed E-state index contributed by atoms with van der Waals surface area (Å²) in [5.74, 6) is 0.133. The van der Waals surface area contributed by atoms with Crippen LogP contribution in [0.4, 0.5) is 0 Å². The van der Waals surface area contributed by atoms with Crippen molar-refractivity contribution in [3.8, 4) is 0 Å². The molecule has 0 spiro atoms. The van der Waals surface area contributed by atoms with Crippen molar-refractivity contribution in [2.75, 3.05) is 13.1 Å². The standard InChI is InChI=1S/C15H26N2O2/c1-2-3-9-16-15(19)12-10-14(18)17(11-12)13-7-5-4-6-8-13/h12-13H,2-11H2,1H3,(H,16,19)/t12-/m1/s1. The molecule has 4 heteroatoms. The van der Waals surface area contributed by atoms with E-state index >= 15 is 0 Å². The van der Waals surface area contributed by atoms with Gasteiger partial charge in [-0.2, -0.15) is 0 Å². The Bertz CT molecular complexity index is 324. The van der Waals surface area contributed by atoms with Crippen molar-refractivity contribution in [3.63, 3.8) is 0 Å². The molecule has 0 bridgehead atoms. The van der Waals surface area contributed by atoms with Crippen LogP contribution in [0.1, 0.15) is 58.3 Å². The summed E-state index contributed by atoms with van der Waals surface area (Å²) >= 11 is 0. The number of amides is 2. The number of rotatable bonds is 5. The fraction of sp³-hybridized carbons (Fsp3) is 0.867. The van der Waals surface area contributed by atoms with E-state index < -0.39 is 0 Å². The van der Waals surface area contributed by atoms with E-state index in [4.69, 9.17) is 0 Å². The highest BCUT2D eigenvalue weighted by atomic mass is 16.2. The van der Waals surface area contributed by atoms with Gasteiger partial charge in [-0.1, -0.05) is 32.6 Å². The van der Waals surface area contributed by atoms with Crippen molar-refractivity contribution in [3.05, 3.63) is 0 Å². The van der Waals surface area contributed by atoms with Crippen LogP contribution in [0.5, 0.6) is 0 Å². The molecule has 2 fully saturated rings. The van der Waals surface area contributed by atoms with Crippen molar-refractivity contribution in [2.24, 2.45) is 5.92 Å². The Balaban J connectivity index is 1.82. The predicted molar refractivity (Wildman–Crippen MR) is 74.6 cm³/mol. The van der Waals surface area contributed by atoms with Crippen LogP contribution < -0.4 is 5.32 Å². The van der Waals surface area contributed by atoms with Crippen molar-refractivity contribution in [2.45, 2.75) is 64.3 Å². The largest absolute Gasteiger partial charge is 0.356 e. The summed E-state index contributed by atoms with van der Waals surface area (Å²) in [5, 5.41) is 2.95. The van der Waals surface area contributed by atoms with Crippen molar-refractivity contribution in [1.29, 1.82) is 0 Å². The fourth-order valence-corrected chi connectivity index (χ4v) is 3.19. The molecule has 1 saturated carbocycles. The topological polar surface area (TPSA) is 49.4 Å². The Hall–Kier alpha value is -1.06. The molecule has 1 saturated heterocycles. The number of hydrogen-bond donors (Lipinski definition) is 1. The SMILES string of the molecule is CCCCNC(=O)[C@@H]1CC(=O)N(C2CCCCC2)C1. The predicted octanol–water partition coefficient (Wildman–Crippen LogP) is 2.08. The minimum atomic E-state index is -0.119. The van der Waals surface area contributed by atoms with E-state index in [1.807, 2.05) is 4.90 Å². The first-order valence-electron chi connectivity index (χ1n) is 7.79. The Morgan fingerprint density at radius 2 is 2.05 bits per heavy atom. The van der Waals surface area contributed by atoms with Gasteiger partial charge in [0.15, 0.2) is 0 Å². The highest BCUT2D eigenvalue weighted by Gasteiger charge is 2.37. The molecule has 2 amide bonds. The van der Waals surface area contributed by atoms with Crippen LogP contribution in [0.2, 0.25) is 0 Å². The highest BCUT2D eigenvalue weighted by molar-refractivity contribution is 5.89. The Kier molecular flexibility index (Phi) is 5.23. The molecule has 1 N–H and O–H groups in total. The number of nitrogens with one attached hydrogen (secondary N) is 1. The van der Waals surface area contributed by atoms with Gasteiger partial charge in [-0.05, 0) is 19.3 Å². The molecule has 0 aromatic carbocycles.